The number of aromatic nitrogens is 3. The molecule has 0 bridgehead atoms. The van der Waals surface area contributed by atoms with Crippen LogP contribution in [0.1, 0.15) is 33.9 Å². The first-order valence-corrected chi connectivity index (χ1v) is 17.1. The lowest BCUT2D eigenvalue weighted by molar-refractivity contribution is -0.149. The number of anilines is 1. The molecule has 16 nitrogen and oxygen atoms in total. The molecule has 4 unspecified atom stereocenters. The van der Waals surface area contributed by atoms with Crippen LogP contribution in [-0.4, -0.2) is 82.0 Å². The fourth-order valence-corrected chi connectivity index (χ4v) is 6.21. The third-order valence-electron chi connectivity index (χ3n) is 6.38. The van der Waals surface area contributed by atoms with E-state index in [0.717, 1.165) is 6.26 Å². The molecule has 1 saturated heterocycles. The molecule has 1 aliphatic heterocycles. The van der Waals surface area contributed by atoms with Crippen molar-refractivity contribution in [2.75, 3.05) is 18.3 Å². The molecule has 3 heterocycles. The summed E-state index contributed by atoms with van der Waals surface area (Å²) in [6, 6.07) is 6.36. The quantitative estimate of drug-likeness (QED) is 0.0997. The Balaban J connectivity index is 1.55. The molecule has 0 aliphatic carbocycles. The Labute approximate surface area is 258 Å². The van der Waals surface area contributed by atoms with Gasteiger partial charge in [0.2, 0.25) is 10.0 Å². The highest BCUT2D eigenvalue weighted by molar-refractivity contribution is 7.88. The van der Waals surface area contributed by atoms with Crippen LogP contribution in [0.15, 0.2) is 42.9 Å². The molecule has 1 aliphatic rings. The van der Waals surface area contributed by atoms with Gasteiger partial charge < -0.3 is 28.8 Å². The van der Waals surface area contributed by atoms with E-state index in [9.17, 15) is 28.0 Å². The lowest BCUT2D eigenvalue weighted by Crippen LogP contribution is -2.44. The molecule has 0 radical (unpaired) electrons. The molecular weight excluding hydrogens is 643 g/mol. The number of aliphatic hydroxyl groups excluding tert-OH is 1. The van der Waals surface area contributed by atoms with E-state index in [1.807, 2.05) is 0 Å². The Morgan fingerprint density at radius 1 is 1.23 bits per heavy atom. The van der Waals surface area contributed by atoms with Crippen LogP contribution in [-0.2, 0) is 33.4 Å². The minimum Gasteiger partial charge on any atom is -0.462 e. The Kier molecular flexibility index (Phi) is 10.2. The van der Waals surface area contributed by atoms with E-state index >= 15 is 0 Å². The number of aliphatic hydroxyl groups is 2. The Morgan fingerprint density at radius 2 is 1.91 bits per heavy atom. The van der Waals surface area contributed by atoms with Gasteiger partial charge in [0.15, 0.2) is 12.0 Å². The molecule has 242 valence electrons. The van der Waals surface area contributed by atoms with Gasteiger partial charge in [0.05, 0.1) is 24.4 Å². The Hall–Kier alpha value is -2.86. The molecule has 6 atom stereocenters. The second-order valence-electron chi connectivity index (χ2n) is 10.6. The lowest BCUT2D eigenvalue weighted by Gasteiger charge is -2.28. The van der Waals surface area contributed by atoms with Crippen LogP contribution in [0.2, 0.25) is 5.02 Å². The molecule has 0 saturated carbocycles. The van der Waals surface area contributed by atoms with Crippen molar-refractivity contribution in [3.8, 4) is 5.75 Å². The highest BCUT2D eigenvalue weighted by atomic mass is 35.5. The zero-order valence-corrected chi connectivity index (χ0v) is 26.8. The van der Waals surface area contributed by atoms with Crippen LogP contribution in [0.25, 0.3) is 11.0 Å². The number of hydrazine groups is 1. The molecule has 3 aromatic rings. The number of ether oxygens (including phenoxy) is 2. The summed E-state index contributed by atoms with van der Waals surface area (Å²) in [5.74, 6) is -0.458. The van der Waals surface area contributed by atoms with Gasteiger partial charge in [-0.3, -0.25) is 14.7 Å². The van der Waals surface area contributed by atoms with Gasteiger partial charge >= 0.3 is 13.7 Å². The second kappa shape index (κ2) is 13.2. The molecule has 19 heteroatoms. The summed E-state index contributed by atoms with van der Waals surface area (Å²) in [7, 11) is -7.94. The van der Waals surface area contributed by atoms with Crippen LogP contribution in [0, 0.1) is 0 Å². The fourth-order valence-electron chi connectivity index (χ4n) is 4.30. The van der Waals surface area contributed by atoms with Crippen LogP contribution in [0.4, 0.5) is 5.82 Å². The number of fused-ring (bicyclic) bond motifs is 1. The van der Waals surface area contributed by atoms with Gasteiger partial charge in [0, 0.05) is 11.2 Å². The van der Waals surface area contributed by atoms with Crippen molar-refractivity contribution in [3.63, 3.8) is 0 Å². The molecular formula is C25H34ClN6O10PS. The van der Waals surface area contributed by atoms with Gasteiger partial charge in [-0.05, 0) is 58.0 Å². The van der Waals surface area contributed by atoms with Gasteiger partial charge in [-0.2, -0.15) is 5.09 Å². The van der Waals surface area contributed by atoms with E-state index in [2.05, 4.69) is 25.3 Å². The third kappa shape index (κ3) is 8.04. The zero-order chi connectivity index (χ0) is 32.4. The van der Waals surface area contributed by atoms with Crippen molar-refractivity contribution >= 4 is 52.2 Å². The van der Waals surface area contributed by atoms with Crippen LogP contribution in [0.5, 0.6) is 5.75 Å². The average Bonchev–Trinajstić information content (AvgIpc) is 3.45. The predicted molar refractivity (Wildman–Crippen MR) is 159 cm³/mol. The molecule has 44 heavy (non-hydrogen) atoms. The molecule has 5 N–H and O–H groups in total. The number of esters is 1. The van der Waals surface area contributed by atoms with Crippen LogP contribution in [0.3, 0.4) is 0 Å². The monoisotopic (exact) mass is 676 g/mol. The maximum Gasteiger partial charge on any atom is 0.459 e. The maximum atomic E-state index is 13.9. The number of nitrogens with zero attached hydrogens (tertiary/aromatic N) is 3. The standard InChI is InChI=1S/C25H34ClN6O10PS/c1-14(2)40-23(34)15(3)30-43(36,42-17-8-6-16(26)7-9-17)39-12-19-20(33)25(4,35)24(41-19)32-11-10-18-21(27-13-28-22(18)32)29-31-44(5,37)38/h6-11,13-15,19-20,24,31,33,35H,12H2,1-5H3,(H,30,36)(H,27,28,29)/t15?,19?,20-,24?,25-,43?/m1/s1. The average molecular weight is 677 g/mol. The van der Waals surface area contributed by atoms with Crippen molar-refractivity contribution in [1.82, 2.24) is 24.5 Å². The molecule has 1 fully saturated rings. The summed E-state index contributed by atoms with van der Waals surface area (Å²) in [4.78, 5) is 22.8. The predicted octanol–water partition coefficient (Wildman–Crippen LogP) is 2.10. The van der Waals surface area contributed by atoms with E-state index in [4.69, 9.17) is 30.1 Å². The van der Waals surface area contributed by atoms with Crippen molar-refractivity contribution in [3.05, 3.63) is 47.9 Å². The zero-order valence-electron chi connectivity index (χ0n) is 24.4. The summed E-state index contributed by atoms with van der Waals surface area (Å²) < 4.78 is 60.8. The first kappa shape index (κ1) is 34.0. The number of benzene rings is 1. The number of carbonyl (C=O) groups excluding carboxylic acids is 1. The molecule has 2 aromatic heterocycles. The first-order valence-electron chi connectivity index (χ1n) is 13.3. The molecule has 0 spiro atoms. The maximum absolute atomic E-state index is 13.9. The van der Waals surface area contributed by atoms with Gasteiger partial charge in [0.25, 0.3) is 0 Å². The fraction of sp³-hybridized carbons (Fsp3) is 0.480. The second-order valence-corrected chi connectivity index (χ2v) is 14.4. The molecule has 4 rings (SSSR count). The number of rotatable bonds is 13. The van der Waals surface area contributed by atoms with Crippen molar-refractivity contribution in [2.24, 2.45) is 0 Å². The molecule has 0 amide bonds. The smallest absolute Gasteiger partial charge is 0.459 e. The Morgan fingerprint density at radius 3 is 2.55 bits per heavy atom. The van der Waals surface area contributed by atoms with Crippen molar-refractivity contribution in [2.45, 2.75) is 63.9 Å². The highest BCUT2D eigenvalue weighted by Crippen LogP contribution is 2.47. The Bertz CT molecular complexity index is 1640. The lowest BCUT2D eigenvalue weighted by atomic mass is 9.96. The number of nitrogens with one attached hydrogen (secondary N) is 3. The normalized spacial score (nSPS) is 24.2. The summed E-state index contributed by atoms with van der Waals surface area (Å²) in [6.07, 6.45) is -0.791. The van der Waals surface area contributed by atoms with Gasteiger partial charge in [0.1, 0.15) is 41.6 Å². The molecule has 1 aromatic carbocycles. The number of hydrogen-bond acceptors (Lipinski definition) is 13. The van der Waals surface area contributed by atoms with E-state index in [1.54, 1.807) is 19.9 Å². The number of hydrogen-bond donors (Lipinski definition) is 5. The minimum absolute atomic E-state index is 0.112. The highest BCUT2D eigenvalue weighted by Gasteiger charge is 2.54. The van der Waals surface area contributed by atoms with Crippen molar-refractivity contribution in [1.29, 1.82) is 0 Å². The number of carbonyl (C=O) groups is 1. The number of halogens is 1. The van der Waals surface area contributed by atoms with Crippen molar-refractivity contribution < 1.29 is 46.5 Å². The number of sulfonamides is 1. The van der Waals surface area contributed by atoms with E-state index in [0.29, 0.717) is 10.4 Å². The minimum atomic E-state index is -4.34. The topological polar surface area (TPSA) is 212 Å². The largest absolute Gasteiger partial charge is 0.462 e. The SMILES string of the molecule is CC(C)OC(=O)C(C)NP(=O)(OCC1OC(n2ccc3c(NNS(C)(=O)=O)ncnc32)[C@](C)(O)[C@@H]1O)Oc1ccc(Cl)cc1. The summed E-state index contributed by atoms with van der Waals surface area (Å²) in [5, 5.41) is 25.7. The van der Waals surface area contributed by atoms with Gasteiger partial charge in [-0.15, -0.1) is 4.83 Å². The van der Waals surface area contributed by atoms with Crippen LogP contribution >= 0.6 is 19.3 Å². The van der Waals surface area contributed by atoms with Crippen LogP contribution < -0.4 is 19.9 Å². The van der Waals surface area contributed by atoms with E-state index < -0.39 is 66.5 Å². The van der Waals surface area contributed by atoms with E-state index in [1.165, 1.54) is 55.2 Å². The van der Waals surface area contributed by atoms with E-state index in [-0.39, 0.29) is 17.2 Å². The summed E-state index contributed by atoms with van der Waals surface area (Å²) in [6.45, 7) is 5.54. The summed E-state index contributed by atoms with van der Waals surface area (Å²) in [5.41, 5.74) is 0.829. The van der Waals surface area contributed by atoms with Gasteiger partial charge in [-0.25, -0.2) is 23.0 Å². The summed E-state index contributed by atoms with van der Waals surface area (Å²) >= 11 is 5.94. The van der Waals surface area contributed by atoms with Gasteiger partial charge in [-0.1, -0.05) is 11.6 Å². The third-order valence-corrected chi connectivity index (χ3v) is 8.75. The first-order chi connectivity index (χ1) is 20.5.